The summed E-state index contributed by atoms with van der Waals surface area (Å²) in [6, 6.07) is 15.7. The Hall–Kier alpha value is -2.40. The summed E-state index contributed by atoms with van der Waals surface area (Å²) in [6.45, 7) is 2.65. The number of para-hydroxylation sites is 1. The van der Waals surface area contributed by atoms with E-state index in [1.165, 1.54) is 23.9 Å². The van der Waals surface area contributed by atoms with Crippen LogP contribution in [0.25, 0.3) is 6.08 Å². The Labute approximate surface area is 144 Å². The fourth-order valence-electron chi connectivity index (χ4n) is 2.34. The summed E-state index contributed by atoms with van der Waals surface area (Å²) in [5, 5.41) is 0.682. The molecule has 0 bridgehead atoms. The molecule has 122 valence electrons. The van der Waals surface area contributed by atoms with Crippen molar-refractivity contribution in [1.82, 2.24) is 4.90 Å². The van der Waals surface area contributed by atoms with Gasteiger partial charge < -0.3 is 0 Å². The molecule has 5 heteroatoms. The van der Waals surface area contributed by atoms with E-state index in [0.29, 0.717) is 16.6 Å². The van der Waals surface area contributed by atoms with Crippen molar-refractivity contribution in [2.45, 2.75) is 13.3 Å². The van der Waals surface area contributed by atoms with Crippen LogP contribution in [0, 0.1) is 5.82 Å². The zero-order valence-corrected chi connectivity index (χ0v) is 14.1. The third-order valence-electron chi connectivity index (χ3n) is 3.48. The average Bonchev–Trinajstić information content (AvgIpc) is 2.87. The summed E-state index contributed by atoms with van der Waals surface area (Å²) in [6.07, 6.45) is 2.63. The molecule has 0 aliphatic carbocycles. The molecule has 1 amide bonds. The Morgan fingerprint density at radius 1 is 1.12 bits per heavy atom. The molecular formula is C19H17FN2OS. The number of hydrogen-bond donors (Lipinski definition) is 0. The van der Waals surface area contributed by atoms with E-state index < -0.39 is 0 Å². The van der Waals surface area contributed by atoms with Gasteiger partial charge in [-0.15, -0.1) is 0 Å². The number of benzene rings is 2. The molecule has 1 saturated heterocycles. The molecule has 0 radical (unpaired) electrons. The molecule has 0 N–H and O–H groups in total. The van der Waals surface area contributed by atoms with Crippen molar-refractivity contribution in [2.75, 3.05) is 6.54 Å². The second-order valence-electron chi connectivity index (χ2n) is 5.35. The van der Waals surface area contributed by atoms with Gasteiger partial charge >= 0.3 is 0 Å². The smallest absolute Gasteiger partial charge is 0.266 e. The summed E-state index contributed by atoms with van der Waals surface area (Å²) in [4.78, 5) is 19.6. The van der Waals surface area contributed by atoms with E-state index in [4.69, 9.17) is 0 Å². The van der Waals surface area contributed by atoms with Crippen LogP contribution in [0.5, 0.6) is 0 Å². The molecule has 0 aromatic heterocycles. The molecule has 1 aliphatic heterocycles. The Kier molecular flexibility index (Phi) is 5.11. The number of rotatable bonds is 4. The first-order valence-electron chi connectivity index (χ1n) is 7.78. The summed E-state index contributed by atoms with van der Waals surface area (Å²) < 4.78 is 13.0. The van der Waals surface area contributed by atoms with Gasteiger partial charge in [-0.1, -0.05) is 37.3 Å². The van der Waals surface area contributed by atoms with Gasteiger partial charge in [0.2, 0.25) is 0 Å². The lowest BCUT2D eigenvalue weighted by atomic mass is 10.2. The minimum atomic E-state index is -0.290. The first kappa shape index (κ1) is 16.5. The molecule has 3 nitrogen and oxygen atoms in total. The maximum Gasteiger partial charge on any atom is 0.266 e. The fourth-order valence-corrected chi connectivity index (χ4v) is 3.36. The number of halogens is 1. The van der Waals surface area contributed by atoms with Crippen LogP contribution in [-0.2, 0) is 4.79 Å². The molecule has 1 aliphatic rings. The Morgan fingerprint density at radius 3 is 2.50 bits per heavy atom. The summed E-state index contributed by atoms with van der Waals surface area (Å²) in [5.41, 5.74) is 1.61. The van der Waals surface area contributed by atoms with Crippen molar-refractivity contribution in [1.29, 1.82) is 0 Å². The highest BCUT2D eigenvalue weighted by molar-refractivity contribution is 8.18. The summed E-state index contributed by atoms with van der Waals surface area (Å²) in [7, 11) is 0. The van der Waals surface area contributed by atoms with Crippen LogP contribution in [0.2, 0.25) is 0 Å². The normalized spacial score (nSPS) is 17.9. The van der Waals surface area contributed by atoms with Crippen LogP contribution in [0.4, 0.5) is 10.1 Å². The van der Waals surface area contributed by atoms with Crippen LogP contribution in [0.1, 0.15) is 18.9 Å². The number of hydrogen-bond acceptors (Lipinski definition) is 3. The maximum atomic E-state index is 13.0. The number of carbonyl (C=O) groups is 1. The van der Waals surface area contributed by atoms with E-state index in [-0.39, 0.29) is 11.7 Å². The molecule has 0 saturated carbocycles. The SMILES string of the molecule is CCCN1C(=O)/C(=C\c2ccc(F)cc2)SC1=Nc1ccccc1. The van der Waals surface area contributed by atoms with E-state index in [2.05, 4.69) is 4.99 Å². The van der Waals surface area contributed by atoms with E-state index in [1.807, 2.05) is 37.3 Å². The van der Waals surface area contributed by atoms with Gasteiger partial charge in [0.05, 0.1) is 10.6 Å². The zero-order valence-electron chi connectivity index (χ0n) is 13.3. The summed E-state index contributed by atoms with van der Waals surface area (Å²) in [5.74, 6) is -0.345. The molecule has 0 atom stereocenters. The molecule has 3 rings (SSSR count). The highest BCUT2D eigenvalue weighted by Gasteiger charge is 2.32. The van der Waals surface area contributed by atoms with E-state index in [1.54, 1.807) is 23.1 Å². The molecule has 2 aromatic carbocycles. The minimum absolute atomic E-state index is 0.0548. The zero-order chi connectivity index (χ0) is 16.9. The predicted octanol–water partition coefficient (Wildman–Crippen LogP) is 4.84. The number of carbonyl (C=O) groups excluding carboxylic acids is 1. The second-order valence-corrected chi connectivity index (χ2v) is 6.36. The van der Waals surface area contributed by atoms with Gasteiger partial charge in [0, 0.05) is 6.54 Å². The van der Waals surface area contributed by atoms with Gasteiger partial charge in [0.15, 0.2) is 5.17 Å². The van der Waals surface area contributed by atoms with Crippen molar-refractivity contribution in [3.63, 3.8) is 0 Å². The van der Waals surface area contributed by atoms with Crippen molar-refractivity contribution in [2.24, 2.45) is 4.99 Å². The molecule has 24 heavy (non-hydrogen) atoms. The molecule has 0 unspecified atom stereocenters. The second kappa shape index (κ2) is 7.45. The largest absolute Gasteiger partial charge is 0.286 e. The van der Waals surface area contributed by atoms with Crippen molar-refractivity contribution in [3.8, 4) is 0 Å². The van der Waals surface area contributed by atoms with Crippen LogP contribution in [0.3, 0.4) is 0 Å². The lowest BCUT2D eigenvalue weighted by molar-refractivity contribution is -0.122. The van der Waals surface area contributed by atoms with Crippen LogP contribution in [0.15, 0.2) is 64.5 Å². The first-order valence-corrected chi connectivity index (χ1v) is 8.60. The first-order chi connectivity index (χ1) is 11.7. The van der Waals surface area contributed by atoms with Gasteiger partial charge in [-0.05, 0) is 54.1 Å². The lowest BCUT2D eigenvalue weighted by Gasteiger charge is -2.13. The number of amidine groups is 1. The van der Waals surface area contributed by atoms with Gasteiger partial charge in [-0.3, -0.25) is 9.69 Å². The minimum Gasteiger partial charge on any atom is -0.286 e. The number of thioether (sulfide) groups is 1. The Balaban J connectivity index is 1.92. The van der Waals surface area contributed by atoms with E-state index >= 15 is 0 Å². The average molecular weight is 340 g/mol. The van der Waals surface area contributed by atoms with Gasteiger partial charge in [0.1, 0.15) is 5.82 Å². The van der Waals surface area contributed by atoms with Gasteiger partial charge in [-0.25, -0.2) is 9.38 Å². The van der Waals surface area contributed by atoms with Gasteiger partial charge in [0.25, 0.3) is 5.91 Å². The van der Waals surface area contributed by atoms with E-state index in [0.717, 1.165) is 17.7 Å². The number of amides is 1. The molecule has 1 fully saturated rings. The van der Waals surface area contributed by atoms with Gasteiger partial charge in [-0.2, -0.15) is 0 Å². The fraction of sp³-hybridized carbons (Fsp3) is 0.158. The molecule has 0 spiro atoms. The van der Waals surface area contributed by atoms with Crippen molar-refractivity contribution >= 4 is 34.6 Å². The van der Waals surface area contributed by atoms with Crippen molar-refractivity contribution < 1.29 is 9.18 Å². The highest BCUT2D eigenvalue weighted by atomic mass is 32.2. The lowest BCUT2D eigenvalue weighted by Crippen LogP contribution is -2.29. The van der Waals surface area contributed by atoms with Crippen LogP contribution < -0.4 is 0 Å². The van der Waals surface area contributed by atoms with Crippen LogP contribution in [-0.4, -0.2) is 22.5 Å². The monoisotopic (exact) mass is 340 g/mol. The molecule has 2 aromatic rings. The predicted molar refractivity (Wildman–Crippen MR) is 97.5 cm³/mol. The highest BCUT2D eigenvalue weighted by Crippen LogP contribution is 2.34. The third-order valence-corrected chi connectivity index (χ3v) is 4.49. The van der Waals surface area contributed by atoms with Crippen LogP contribution >= 0.6 is 11.8 Å². The topological polar surface area (TPSA) is 32.7 Å². The quantitative estimate of drug-likeness (QED) is 0.746. The molecular weight excluding hydrogens is 323 g/mol. The Bertz CT molecular complexity index is 785. The summed E-state index contributed by atoms with van der Waals surface area (Å²) >= 11 is 1.35. The number of nitrogens with zero attached hydrogens (tertiary/aromatic N) is 2. The maximum absolute atomic E-state index is 13.0. The standard InChI is InChI=1S/C19H17FN2OS/c1-2-12-22-18(23)17(13-14-8-10-15(20)11-9-14)24-19(22)21-16-6-4-3-5-7-16/h3-11,13H,2,12H2,1H3/b17-13+,21-19?. The molecule has 1 heterocycles. The van der Waals surface area contributed by atoms with Crippen molar-refractivity contribution in [3.05, 3.63) is 70.9 Å². The number of aliphatic imine (C=N–C) groups is 1. The Morgan fingerprint density at radius 2 is 1.83 bits per heavy atom. The third kappa shape index (κ3) is 3.74. The van der Waals surface area contributed by atoms with E-state index in [9.17, 15) is 9.18 Å².